The van der Waals surface area contributed by atoms with E-state index in [1.54, 1.807) is 6.07 Å². The van der Waals surface area contributed by atoms with Crippen molar-refractivity contribution in [2.45, 2.75) is 6.54 Å². The highest BCUT2D eigenvalue weighted by Gasteiger charge is 1.98. The summed E-state index contributed by atoms with van der Waals surface area (Å²) < 4.78 is 1.06. The Hall–Kier alpha value is -1.48. The van der Waals surface area contributed by atoms with Crippen LogP contribution in [0.2, 0.25) is 0 Å². The number of rotatable bonds is 3. The molecule has 82 valence electrons. The standard InChI is InChI=1S/C13H12BrNO/c14-11-5-7-12(8-6-11)15-9-10-3-1-2-4-13(10)16/h1-8,15-16H,9H2. The number of para-hydroxylation sites is 1. The second kappa shape index (κ2) is 5.03. The molecule has 0 radical (unpaired) electrons. The molecule has 16 heavy (non-hydrogen) atoms. The summed E-state index contributed by atoms with van der Waals surface area (Å²) in [5.41, 5.74) is 1.93. The van der Waals surface area contributed by atoms with Gasteiger partial charge in [0, 0.05) is 22.3 Å². The lowest BCUT2D eigenvalue weighted by Crippen LogP contribution is -1.99. The van der Waals surface area contributed by atoms with Gasteiger partial charge in [0.25, 0.3) is 0 Å². The van der Waals surface area contributed by atoms with E-state index in [1.165, 1.54) is 0 Å². The molecule has 0 bridgehead atoms. The Morgan fingerprint density at radius 3 is 2.38 bits per heavy atom. The van der Waals surface area contributed by atoms with Crippen LogP contribution in [-0.4, -0.2) is 5.11 Å². The highest BCUT2D eigenvalue weighted by Crippen LogP contribution is 2.18. The number of phenolic OH excluding ortho intramolecular Hbond substituents is 1. The summed E-state index contributed by atoms with van der Waals surface area (Å²) in [4.78, 5) is 0. The minimum absolute atomic E-state index is 0.326. The fourth-order valence-electron chi connectivity index (χ4n) is 1.43. The van der Waals surface area contributed by atoms with E-state index in [2.05, 4.69) is 21.2 Å². The van der Waals surface area contributed by atoms with Crippen LogP contribution < -0.4 is 5.32 Å². The molecule has 0 amide bonds. The number of nitrogens with one attached hydrogen (secondary N) is 1. The molecule has 0 fully saturated rings. The first-order valence-corrected chi connectivity index (χ1v) is 5.81. The number of anilines is 1. The van der Waals surface area contributed by atoms with Gasteiger partial charge in [0.2, 0.25) is 0 Å². The SMILES string of the molecule is Oc1ccccc1CNc1ccc(Br)cc1. The summed E-state index contributed by atoms with van der Waals surface area (Å²) in [6.45, 7) is 0.619. The summed E-state index contributed by atoms with van der Waals surface area (Å²) in [5, 5.41) is 12.8. The Kier molecular flexibility index (Phi) is 3.47. The molecule has 2 aromatic carbocycles. The molecular formula is C13H12BrNO. The normalized spacial score (nSPS) is 10.1. The number of benzene rings is 2. The minimum atomic E-state index is 0.326. The van der Waals surface area contributed by atoms with Crippen LogP contribution >= 0.6 is 15.9 Å². The molecule has 0 heterocycles. The van der Waals surface area contributed by atoms with Crippen LogP contribution in [0.1, 0.15) is 5.56 Å². The zero-order valence-electron chi connectivity index (χ0n) is 8.65. The van der Waals surface area contributed by atoms with Gasteiger partial charge in [0.15, 0.2) is 0 Å². The first-order valence-electron chi connectivity index (χ1n) is 5.02. The van der Waals surface area contributed by atoms with Crippen LogP contribution in [0.4, 0.5) is 5.69 Å². The second-order valence-electron chi connectivity index (χ2n) is 3.49. The predicted octanol–water partition coefficient (Wildman–Crippen LogP) is 3.77. The Bertz CT molecular complexity index is 468. The Morgan fingerprint density at radius 1 is 1.00 bits per heavy atom. The van der Waals surface area contributed by atoms with Crippen LogP contribution in [0.3, 0.4) is 0 Å². The molecule has 0 aliphatic heterocycles. The lowest BCUT2D eigenvalue weighted by Gasteiger charge is -2.07. The van der Waals surface area contributed by atoms with Gasteiger partial charge in [-0.2, -0.15) is 0 Å². The summed E-state index contributed by atoms with van der Waals surface area (Å²) in [6, 6.07) is 15.3. The van der Waals surface area contributed by atoms with Crippen LogP contribution in [0.15, 0.2) is 53.0 Å². The van der Waals surface area contributed by atoms with Crippen LogP contribution in [-0.2, 0) is 6.54 Å². The van der Waals surface area contributed by atoms with E-state index >= 15 is 0 Å². The van der Waals surface area contributed by atoms with Crippen molar-refractivity contribution >= 4 is 21.6 Å². The summed E-state index contributed by atoms with van der Waals surface area (Å²) in [5.74, 6) is 0.326. The Balaban J connectivity index is 2.02. The average molecular weight is 278 g/mol. The zero-order chi connectivity index (χ0) is 11.4. The molecule has 2 nitrogen and oxygen atoms in total. The van der Waals surface area contributed by atoms with Gasteiger partial charge in [-0.15, -0.1) is 0 Å². The Morgan fingerprint density at radius 2 is 1.69 bits per heavy atom. The van der Waals surface area contributed by atoms with E-state index in [1.807, 2.05) is 42.5 Å². The van der Waals surface area contributed by atoms with E-state index in [4.69, 9.17) is 0 Å². The van der Waals surface area contributed by atoms with Gasteiger partial charge < -0.3 is 10.4 Å². The molecule has 0 saturated heterocycles. The highest BCUT2D eigenvalue weighted by atomic mass is 79.9. The lowest BCUT2D eigenvalue weighted by molar-refractivity contribution is 0.469. The molecule has 2 aromatic rings. The largest absolute Gasteiger partial charge is 0.508 e. The fourth-order valence-corrected chi connectivity index (χ4v) is 1.69. The molecule has 2 rings (SSSR count). The van der Waals surface area contributed by atoms with Gasteiger partial charge in [-0.25, -0.2) is 0 Å². The molecule has 0 aliphatic rings. The molecule has 3 heteroatoms. The van der Waals surface area contributed by atoms with Crippen LogP contribution in [0.5, 0.6) is 5.75 Å². The molecule has 0 unspecified atom stereocenters. The second-order valence-corrected chi connectivity index (χ2v) is 4.40. The van der Waals surface area contributed by atoms with Crippen molar-refractivity contribution in [2.24, 2.45) is 0 Å². The van der Waals surface area contributed by atoms with Crippen molar-refractivity contribution in [2.75, 3.05) is 5.32 Å². The monoisotopic (exact) mass is 277 g/mol. The molecule has 0 aliphatic carbocycles. The number of phenols is 1. The van der Waals surface area contributed by atoms with E-state index in [0.717, 1.165) is 15.7 Å². The van der Waals surface area contributed by atoms with Gasteiger partial charge in [0.1, 0.15) is 5.75 Å². The van der Waals surface area contributed by atoms with Gasteiger partial charge in [-0.1, -0.05) is 34.1 Å². The maximum Gasteiger partial charge on any atom is 0.120 e. The Labute approximate surface area is 103 Å². The minimum Gasteiger partial charge on any atom is -0.508 e. The van der Waals surface area contributed by atoms with E-state index < -0.39 is 0 Å². The first-order chi connectivity index (χ1) is 7.75. The van der Waals surface area contributed by atoms with Crippen LogP contribution in [0, 0.1) is 0 Å². The van der Waals surface area contributed by atoms with E-state index in [9.17, 15) is 5.11 Å². The third kappa shape index (κ3) is 2.76. The maximum absolute atomic E-state index is 9.59. The first kappa shape index (κ1) is 11.0. The maximum atomic E-state index is 9.59. The highest BCUT2D eigenvalue weighted by molar-refractivity contribution is 9.10. The van der Waals surface area contributed by atoms with Crippen molar-refractivity contribution in [3.8, 4) is 5.75 Å². The number of hydrogen-bond donors (Lipinski definition) is 2. The number of aromatic hydroxyl groups is 1. The van der Waals surface area contributed by atoms with E-state index in [0.29, 0.717) is 12.3 Å². The van der Waals surface area contributed by atoms with Gasteiger partial charge in [-0.3, -0.25) is 0 Å². The summed E-state index contributed by atoms with van der Waals surface area (Å²) >= 11 is 3.39. The molecule has 2 N–H and O–H groups in total. The molecule has 0 saturated carbocycles. The third-order valence-electron chi connectivity index (χ3n) is 2.32. The smallest absolute Gasteiger partial charge is 0.120 e. The predicted molar refractivity (Wildman–Crippen MR) is 69.6 cm³/mol. The van der Waals surface area contributed by atoms with Gasteiger partial charge >= 0.3 is 0 Å². The van der Waals surface area contributed by atoms with Crippen molar-refractivity contribution in [1.82, 2.24) is 0 Å². The summed E-state index contributed by atoms with van der Waals surface area (Å²) in [7, 11) is 0. The lowest BCUT2D eigenvalue weighted by atomic mass is 10.2. The van der Waals surface area contributed by atoms with E-state index in [-0.39, 0.29) is 0 Å². The van der Waals surface area contributed by atoms with Crippen molar-refractivity contribution < 1.29 is 5.11 Å². The third-order valence-corrected chi connectivity index (χ3v) is 2.85. The van der Waals surface area contributed by atoms with Crippen molar-refractivity contribution in [3.05, 3.63) is 58.6 Å². The fraction of sp³-hybridized carbons (Fsp3) is 0.0769. The quantitative estimate of drug-likeness (QED) is 0.895. The number of hydrogen-bond acceptors (Lipinski definition) is 2. The topological polar surface area (TPSA) is 32.3 Å². The molecule has 0 atom stereocenters. The molecule has 0 spiro atoms. The molecule has 0 aromatic heterocycles. The molecular weight excluding hydrogens is 266 g/mol. The van der Waals surface area contributed by atoms with Gasteiger partial charge in [-0.05, 0) is 30.3 Å². The van der Waals surface area contributed by atoms with Crippen LogP contribution in [0.25, 0.3) is 0 Å². The van der Waals surface area contributed by atoms with Gasteiger partial charge in [0.05, 0.1) is 0 Å². The summed E-state index contributed by atoms with van der Waals surface area (Å²) in [6.07, 6.45) is 0. The zero-order valence-corrected chi connectivity index (χ0v) is 10.2. The van der Waals surface area contributed by atoms with Crippen molar-refractivity contribution in [3.63, 3.8) is 0 Å². The average Bonchev–Trinajstić information content (AvgIpc) is 2.30. The van der Waals surface area contributed by atoms with Crippen molar-refractivity contribution in [1.29, 1.82) is 0 Å². The number of halogens is 1.